The third-order valence-electron chi connectivity index (χ3n) is 6.58. The van der Waals surface area contributed by atoms with Crippen molar-refractivity contribution < 1.29 is 17.9 Å². The minimum Gasteiger partial charge on any atom is -0.385 e. The van der Waals surface area contributed by atoms with E-state index in [0.29, 0.717) is 19.7 Å². The van der Waals surface area contributed by atoms with Gasteiger partial charge in [-0.1, -0.05) is 30.3 Å². The first-order valence-electron chi connectivity index (χ1n) is 12.4. The van der Waals surface area contributed by atoms with Gasteiger partial charge in [0.1, 0.15) is 5.82 Å². The van der Waals surface area contributed by atoms with E-state index in [-0.39, 0.29) is 29.7 Å². The zero-order valence-corrected chi connectivity index (χ0v) is 21.5. The molecule has 0 unspecified atom stereocenters. The lowest BCUT2D eigenvalue weighted by atomic mass is 9.96. The van der Waals surface area contributed by atoms with Gasteiger partial charge in [0.2, 0.25) is 15.9 Å². The number of nitrogens with zero attached hydrogens (tertiary/aromatic N) is 3. The van der Waals surface area contributed by atoms with Crippen LogP contribution in [-0.4, -0.2) is 68.2 Å². The molecule has 1 saturated heterocycles. The molecule has 0 radical (unpaired) electrons. The number of likely N-dealkylation sites (tertiary alicyclic amines) is 1. The number of hydrogen-bond donors (Lipinski definition) is 2. The third-order valence-corrected chi connectivity index (χ3v) is 8.02. The van der Waals surface area contributed by atoms with Gasteiger partial charge in [0.15, 0.2) is 0 Å². The molecule has 1 aliphatic rings. The van der Waals surface area contributed by atoms with E-state index in [0.717, 1.165) is 42.7 Å². The number of ether oxygens (including phenoxy) is 1. The summed E-state index contributed by atoms with van der Waals surface area (Å²) in [7, 11) is -1.96. The standard InChI is InChI=1S/C26H35N5O4S/c1-35-16-8-15-31-24-13-6-5-12-23(24)29-26(31)20-9-7-14-30(19-20)25(32)17-21(27)18-28-36(33,34)22-10-3-2-4-11-22/h2-6,10-13,20-21,28H,7-9,14-19,27H2,1H3/t20-,21+/m1/s1. The van der Waals surface area contributed by atoms with Crippen LogP contribution in [0, 0.1) is 0 Å². The molecule has 36 heavy (non-hydrogen) atoms. The van der Waals surface area contributed by atoms with Gasteiger partial charge in [-0.25, -0.2) is 18.1 Å². The molecule has 1 aromatic heterocycles. The molecule has 1 amide bonds. The van der Waals surface area contributed by atoms with Crippen LogP contribution in [-0.2, 0) is 26.1 Å². The monoisotopic (exact) mass is 513 g/mol. The number of rotatable bonds is 11. The second kappa shape index (κ2) is 12.0. The Hall–Kier alpha value is -2.79. The first-order chi connectivity index (χ1) is 17.4. The summed E-state index contributed by atoms with van der Waals surface area (Å²) in [4.78, 5) is 20.0. The van der Waals surface area contributed by atoms with Crippen molar-refractivity contribution in [3.05, 3.63) is 60.4 Å². The Labute approximate surface area is 212 Å². The first-order valence-corrected chi connectivity index (χ1v) is 13.9. The number of nitrogens with two attached hydrogens (primary N) is 1. The zero-order valence-electron chi connectivity index (χ0n) is 20.7. The van der Waals surface area contributed by atoms with Crippen LogP contribution < -0.4 is 10.5 Å². The quantitative estimate of drug-likeness (QED) is 0.380. The summed E-state index contributed by atoms with van der Waals surface area (Å²) in [6.45, 7) is 2.72. The van der Waals surface area contributed by atoms with Crippen LogP contribution in [0.4, 0.5) is 0 Å². The average Bonchev–Trinajstić information content (AvgIpc) is 3.27. The van der Waals surface area contributed by atoms with E-state index >= 15 is 0 Å². The number of amides is 1. The van der Waals surface area contributed by atoms with Crippen LogP contribution in [0.15, 0.2) is 59.5 Å². The Morgan fingerprint density at radius 2 is 1.94 bits per heavy atom. The molecule has 3 N–H and O–H groups in total. The molecule has 1 aliphatic heterocycles. The molecule has 3 aromatic rings. The number of nitrogens with one attached hydrogen (secondary N) is 1. The fourth-order valence-electron chi connectivity index (χ4n) is 4.75. The van der Waals surface area contributed by atoms with Crippen molar-refractivity contribution in [3.63, 3.8) is 0 Å². The van der Waals surface area contributed by atoms with Crippen molar-refractivity contribution >= 4 is 27.0 Å². The highest BCUT2D eigenvalue weighted by Gasteiger charge is 2.29. The lowest BCUT2D eigenvalue weighted by molar-refractivity contribution is -0.132. The summed E-state index contributed by atoms with van der Waals surface area (Å²) in [6, 6.07) is 15.6. The highest BCUT2D eigenvalue weighted by Crippen LogP contribution is 2.30. The number of piperidine rings is 1. The number of methoxy groups -OCH3 is 1. The third kappa shape index (κ3) is 6.31. The molecule has 9 nitrogen and oxygen atoms in total. The fourth-order valence-corrected chi connectivity index (χ4v) is 5.86. The molecular weight excluding hydrogens is 478 g/mol. The predicted molar refractivity (Wildman–Crippen MR) is 139 cm³/mol. The number of hydrogen-bond acceptors (Lipinski definition) is 6. The number of para-hydroxylation sites is 2. The highest BCUT2D eigenvalue weighted by atomic mass is 32.2. The van der Waals surface area contributed by atoms with E-state index in [9.17, 15) is 13.2 Å². The summed E-state index contributed by atoms with van der Waals surface area (Å²) in [5.41, 5.74) is 8.21. The van der Waals surface area contributed by atoms with Crippen LogP contribution >= 0.6 is 0 Å². The van der Waals surface area contributed by atoms with E-state index in [1.807, 2.05) is 23.1 Å². The van der Waals surface area contributed by atoms with E-state index in [4.69, 9.17) is 15.5 Å². The van der Waals surface area contributed by atoms with Gasteiger partial charge < -0.3 is 19.9 Å². The number of benzene rings is 2. The van der Waals surface area contributed by atoms with Gasteiger partial charge in [0.25, 0.3) is 0 Å². The van der Waals surface area contributed by atoms with E-state index in [2.05, 4.69) is 15.4 Å². The molecule has 2 aromatic carbocycles. The van der Waals surface area contributed by atoms with Gasteiger partial charge in [0.05, 0.1) is 15.9 Å². The second-order valence-corrected chi connectivity index (χ2v) is 11.0. The number of aryl methyl sites for hydroxylation is 1. The Morgan fingerprint density at radius 3 is 2.72 bits per heavy atom. The molecular formula is C26H35N5O4S. The molecule has 4 rings (SSSR count). The fraction of sp³-hybridized carbons (Fsp3) is 0.462. The smallest absolute Gasteiger partial charge is 0.240 e. The maximum Gasteiger partial charge on any atom is 0.240 e. The number of carbonyl (C=O) groups is 1. The molecule has 0 spiro atoms. The Kier molecular flexibility index (Phi) is 8.73. The second-order valence-electron chi connectivity index (χ2n) is 9.26. The predicted octanol–water partition coefficient (Wildman–Crippen LogP) is 2.47. The van der Waals surface area contributed by atoms with E-state index in [1.165, 1.54) is 12.1 Å². The number of imidazole rings is 1. The molecule has 0 bridgehead atoms. The molecule has 0 saturated carbocycles. The Bertz CT molecular complexity index is 1260. The van der Waals surface area contributed by atoms with Crippen LogP contribution in [0.1, 0.15) is 37.4 Å². The minimum absolute atomic E-state index is 0.00443. The average molecular weight is 514 g/mol. The molecule has 2 atom stereocenters. The molecule has 194 valence electrons. The van der Waals surface area contributed by atoms with Gasteiger partial charge in [-0.15, -0.1) is 0 Å². The summed E-state index contributed by atoms with van der Waals surface area (Å²) < 4.78 is 34.9. The van der Waals surface area contributed by atoms with Crippen molar-refractivity contribution in [3.8, 4) is 0 Å². The number of fused-ring (bicyclic) bond motifs is 1. The summed E-state index contributed by atoms with van der Waals surface area (Å²) in [5.74, 6) is 1.07. The van der Waals surface area contributed by atoms with Crippen molar-refractivity contribution in [2.24, 2.45) is 5.73 Å². The summed E-state index contributed by atoms with van der Waals surface area (Å²) in [5, 5.41) is 0. The number of aromatic nitrogens is 2. The highest BCUT2D eigenvalue weighted by molar-refractivity contribution is 7.89. The van der Waals surface area contributed by atoms with Crippen LogP contribution in [0.2, 0.25) is 0 Å². The summed E-state index contributed by atoms with van der Waals surface area (Å²) in [6.07, 6.45) is 2.80. The molecule has 10 heteroatoms. The van der Waals surface area contributed by atoms with Crippen LogP contribution in [0.5, 0.6) is 0 Å². The van der Waals surface area contributed by atoms with Gasteiger partial charge in [0, 0.05) is 58.3 Å². The molecule has 0 aliphatic carbocycles. The lowest BCUT2D eigenvalue weighted by Crippen LogP contribution is -2.45. The van der Waals surface area contributed by atoms with E-state index < -0.39 is 16.1 Å². The maximum absolute atomic E-state index is 13.1. The zero-order chi connectivity index (χ0) is 25.5. The van der Waals surface area contributed by atoms with Crippen molar-refractivity contribution in [2.45, 2.75) is 49.1 Å². The number of carbonyl (C=O) groups excluding carboxylic acids is 1. The van der Waals surface area contributed by atoms with Crippen LogP contribution in [0.3, 0.4) is 0 Å². The summed E-state index contributed by atoms with van der Waals surface area (Å²) >= 11 is 0. The molecule has 2 heterocycles. The maximum atomic E-state index is 13.1. The largest absolute Gasteiger partial charge is 0.385 e. The Morgan fingerprint density at radius 1 is 1.19 bits per heavy atom. The van der Waals surface area contributed by atoms with Gasteiger partial charge in [-0.2, -0.15) is 0 Å². The van der Waals surface area contributed by atoms with E-state index in [1.54, 1.807) is 25.3 Å². The van der Waals surface area contributed by atoms with Crippen molar-refractivity contribution in [1.29, 1.82) is 0 Å². The SMILES string of the molecule is COCCCn1c([C@@H]2CCCN(C(=O)C[C@H](N)CNS(=O)(=O)c3ccccc3)C2)nc2ccccc21. The first kappa shape index (κ1) is 26.3. The topological polar surface area (TPSA) is 120 Å². The van der Waals surface area contributed by atoms with Gasteiger partial charge in [-0.3, -0.25) is 4.79 Å². The van der Waals surface area contributed by atoms with Gasteiger partial charge >= 0.3 is 0 Å². The Balaban J connectivity index is 1.39. The minimum atomic E-state index is -3.66. The van der Waals surface area contributed by atoms with Crippen LogP contribution in [0.25, 0.3) is 11.0 Å². The van der Waals surface area contributed by atoms with Crippen molar-refractivity contribution in [1.82, 2.24) is 19.2 Å². The normalized spacial score (nSPS) is 17.4. The lowest BCUT2D eigenvalue weighted by Gasteiger charge is -2.33. The van der Waals surface area contributed by atoms with Crippen molar-refractivity contribution in [2.75, 3.05) is 33.4 Å². The van der Waals surface area contributed by atoms with Gasteiger partial charge in [-0.05, 0) is 43.5 Å². The number of sulfonamides is 1. The molecule has 1 fully saturated rings.